The predicted molar refractivity (Wildman–Crippen MR) is 58.8 cm³/mol. The fraction of sp³-hybridized carbons (Fsp3) is 0.545. The largest absolute Gasteiger partial charge is 0.472 e. The van der Waals surface area contributed by atoms with Gasteiger partial charge in [0.2, 0.25) is 5.88 Å². The predicted octanol–water partition coefficient (Wildman–Crippen LogP) is 1.52. The zero-order chi connectivity index (χ0) is 11.3. The second-order valence-electron chi connectivity index (χ2n) is 3.60. The van der Waals surface area contributed by atoms with Crippen molar-refractivity contribution in [2.75, 3.05) is 13.7 Å². The van der Waals surface area contributed by atoms with E-state index < -0.39 is 0 Å². The van der Waals surface area contributed by atoms with Crippen LogP contribution < -0.4 is 10.5 Å². The van der Waals surface area contributed by atoms with E-state index in [1.165, 1.54) is 0 Å². The van der Waals surface area contributed by atoms with Crippen molar-refractivity contribution >= 4 is 0 Å². The van der Waals surface area contributed by atoms with Crippen molar-refractivity contribution in [3.05, 3.63) is 23.9 Å². The summed E-state index contributed by atoms with van der Waals surface area (Å²) in [6.45, 7) is 4.41. The number of pyridine rings is 1. The summed E-state index contributed by atoms with van der Waals surface area (Å²) in [5.41, 5.74) is 6.78. The van der Waals surface area contributed by atoms with Crippen molar-refractivity contribution in [2.45, 2.75) is 26.0 Å². The molecule has 4 nitrogen and oxygen atoms in total. The van der Waals surface area contributed by atoms with E-state index in [4.69, 9.17) is 15.2 Å². The van der Waals surface area contributed by atoms with E-state index in [0.717, 1.165) is 5.56 Å². The summed E-state index contributed by atoms with van der Waals surface area (Å²) >= 11 is 0. The third-order valence-electron chi connectivity index (χ3n) is 2.01. The van der Waals surface area contributed by atoms with Gasteiger partial charge in [-0.05, 0) is 25.5 Å². The maximum absolute atomic E-state index is 5.76. The molecule has 15 heavy (non-hydrogen) atoms. The van der Waals surface area contributed by atoms with E-state index >= 15 is 0 Å². The lowest BCUT2D eigenvalue weighted by Crippen LogP contribution is -2.18. The van der Waals surface area contributed by atoms with E-state index in [2.05, 4.69) is 4.98 Å². The molecule has 0 aliphatic rings. The number of rotatable bonds is 5. The first-order chi connectivity index (χ1) is 7.13. The lowest BCUT2D eigenvalue weighted by Gasteiger charge is -2.14. The van der Waals surface area contributed by atoms with Crippen LogP contribution in [0.25, 0.3) is 0 Å². The van der Waals surface area contributed by atoms with Crippen molar-refractivity contribution in [3.8, 4) is 5.88 Å². The Kier molecular flexibility index (Phi) is 4.52. The number of methoxy groups -OCH3 is 1. The van der Waals surface area contributed by atoms with E-state index in [1.54, 1.807) is 13.3 Å². The third-order valence-corrected chi connectivity index (χ3v) is 2.01. The standard InChI is InChI=1S/C11H18N2O2/c1-8(7-14-3)15-11-6-10(9(2)12)4-5-13-11/h4-6,8-9H,7,12H2,1-3H3/t8?,9-/m1/s1. The van der Waals surface area contributed by atoms with Crippen molar-refractivity contribution in [1.82, 2.24) is 4.98 Å². The molecule has 1 rings (SSSR count). The second kappa shape index (κ2) is 5.68. The minimum Gasteiger partial charge on any atom is -0.472 e. The first kappa shape index (κ1) is 11.9. The van der Waals surface area contributed by atoms with E-state index in [9.17, 15) is 0 Å². The number of nitrogens with zero attached hydrogens (tertiary/aromatic N) is 1. The Morgan fingerprint density at radius 3 is 2.80 bits per heavy atom. The number of nitrogens with two attached hydrogens (primary N) is 1. The molecule has 2 N–H and O–H groups in total. The van der Waals surface area contributed by atoms with Gasteiger partial charge >= 0.3 is 0 Å². The Hall–Kier alpha value is -1.13. The molecule has 1 aromatic heterocycles. The molecule has 0 amide bonds. The highest BCUT2D eigenvalue weighted by atomic mass is 16.5. The van der Waals surface area contributed by atoms with Crippen LogP contribution in [0.5, 0.6) is 5.88 Å². The summed E-state index contributed by atoms with van der Waals surface area (Å²) in [6, 6.07) is 3.74. The molecule has 0 aromatic carbocycles. The summed E-state index contributed by atoms with van der Waals surface area (Å²) < 4.78 is 10.5. The molecule has 0 radical (unpaired) electrons. The van der Waals surface area contributed by atoms with Gasteiger partial charge in [-0.15, -0.1) is 0 Å². The molecular weight excluding hydrogens is 192 g/mol. The van der Waals surface area contributed by atoms with Crippen molar-refractivity contribution in [3.63, 3.8) is 0 Å². The Morgan fingerprint density at radius 1 is 1.47 bits per heavy atom. The van der Waals surface area contributed by atoms with Gasteiger partial charge in [0.15, 0.2) is 0 Å². The Morgan fingerprint density at radius 2 is 2.20 bits per heavy atom. The highest BCUT2D eigenvalue weighted by Gasteiger charge is 2.06. The smallest absolute Gasteiger partial charge is 0.213 e. The summed E-state index contributed by atoms with van der Waals surface area (Å²) in [5, 5.41) is 0. The molecule has 0 bridgehead atoms. The van der Waals surface area contributed by atoms with Crippen molar-refractivity contribution in [2.24, 2.45) is 5.73 Å². The molecule has 2 atom stereocenters. The van der Waals surface area contributed by atoms with Crippen molar-refractivity contribution in [1.29, 1.82) is 0 Å². The Balaban J connectivity index is 2.65. The van der Waals surface area contributed by atoms with Gasteiger partial charge in [-0.2, -0.15) is 0 Å². The number of hydrogen-bond donors (Lipinski definition) is 1. The molecule has 0 saturated carbocycles. The fourth-order valence-electron chi connectivity index (χ4n) is 1.25. The normalized spacial score (nSPS) is 14.7. The molecule has 0 aliphatic heterocycles. The Labute approximate surface area is 90.4 Å². The van der Waals surface area contributed by atoms with Gasteiger partial charge in [-0.25, -0.2) is 4.98 Å². The molecule has 1 unspecified atom stereocenters. The average molecular weight is 210 g/mol. The first-order valence-electron chi connectivity index (χ1n) is 5.00. The SMILES string of the molecule is COCC(C)Oc1cc([C@@H](C)N)ccn1. The highest BCUT2D eigenvalue weighted by molar-refractivity contribution is 5.22. The zero-order valence-electron chi connectivity index (χ0n) is 9.43. The van der Waals surface area contributed by atoms with Crippen LogP contribution in [0.4, 0.5) is 0 Å². The highest BCUT2D eigenvalue weighted by Crippen LogP contribution is 2.15. The Bertz CT molecular complexity index is 302. The maximum atomic E-state index is 5.76. The molecule has 0 fully saturated rings. The summed E-state index contributed by atoms with van der Waals surface area (Å²) in [6.07, 6.45) is 1.69. The quantitative estimate of drug-likeness (QED) is 0.800. The van der Waals surface area contributed by atoms with Gasteiger partial charge in [0.05, 0.1) is 6.61 Å². The molecule has 0 saturated heterocycles. The fourth-order valence-corrected chi connectivity index (χ4v) is 1.25. The first-order valence-corrected chi connectivity index (χ1v) is 5.00. The van der Waals surface area contributed by atoms with Crippen LogP contribution in [0.15, 0.2) is 18.3 Å². The molecule has 0 aliphatic carbocycles. The van der Waals surface area contributed by atoms with E-state index in [-0.39, 0.29) is 12.1 Å². The summed E-state index contributed by atoms with van der Waals surface area (Å²) in [7, 11) is 1.64. The monoisotopic (exact) mass is 210 g/mol. The number of hydrogen-bond acceptors (Lipinski definition) is 4. The average Bonchev–Trinajstić information content (AvgIpc) is 2.18. The van der Waals surface area contributed by atoms with Crippen LogP contribution >= 0.6 is 0 Å². The molecular formula is C11H18N2O2. The lowest BCUT2D eigenvalue weighted by atomic mass is 10.1. The van der Waals surface area contributed by atoms with Crippen LogP contribution in [-0.4, -0.2) is 24.8 Å². The zero-order valence-corrected chi connectivity index (χ0v) is 9.43. The van der Waals surface area contributed by atoms with Crippen LogP contribution in [0, 0.1) is 0 Å². The number of aromatic nitrogens is 1. The lowest BCUT2D eigenvalue weighted by molar-refractivity contribution is 0.0889. The second-order valence-corrected chi connectivity index (χ2v) is 3.60. The topological polar surface area (TPSA) is 57.4 Å². The number of ether oxygens (including phenoxy) is 2. The molecule has 1 aromatic rings. The molecule has 4 heteroatoms. The van der Waals surface area contributed by atoms with Crippen molar-refractivity contribution < 1.29 is 9.47 Å². The van der Waals surface area contributed by atoms with Gasteiger partial charge in [0, 0.05) is 25.4 Å². The van der Waals surface area contributed by atoms with Gasteiger partial charge in [0.1, 0.15) is 6.10 Å². The van der Waals surface area contributed by atoms with Gasteiger partial charge in [-0.3, -0.25) is 0 Å². The van der Waals surface area contributed by atoms with Crippen LogP contribution in [0.2, 0.25) is 0 Å². The van der Waals surface area contributed by atoms with Gasteiger partial charge in [-0.1, -0.05) is 0 Å². The summed E-state index contributed by atoms with van der Waals surface area (Å²) in [5.74, 6) is 0.592. The van der Waals surface area contributed by atoms with Crippen LogP contribution in [0.1, 0.15) is 25.5 Å². The molecule has 84 valence electrons. The minimum absolute atomic E-state index is 0.00641. The van der Waals surface area contributed by atoms with Gasteiger partial charge < -0.3 is 15.2 Å². The van der Waals surface area contributed by atoms with E-state index in [1.807, 2.05) is 26.0 Å². The third kappa shape index (κ3) is 3.85. The van der Waals surface area contributed by atoms with Gasteiger partial charge in [0.25, 0.3) is 0 Å². The summed E-state index contributed by atoms with van der Waals surface area (Å²) in [4.78, 5) is 4.11. The minimum atomic E-state index is -0.00849. The maximum Gasteiger partial charge on any atom is 0.213 e. The van der Waals surface area contributed by atoms with Crippen LogP contribution in [-0.2, 0) is 4.74 Å². The molecule has 0 spiro atoms. The molecule has 1 heterocycles. The van der Waals surface area contributed by atoms with Crippen LogP contribution in [0.3, 0.4) is 0 Å². The van der Waals surface area contributed by atoms with E-state index in [0.29, 0.717) is 12.5 Å².